The molecule has 0 spiro atoms. The molecular weight excluding hydrogens is 124 g/mol. The third-order valence-electron chi connectivity index (χ3n) is 1.10. The van der Waals surface area contributed by atoms with Gasteiger partial charge in [0.15, 0.2) is 0 Å². The van der Waals surface area contributed by atoms with E-state index in [0.717, 1.165) is 5.57 Å². The van der Waals surface area contributed by atoms with Crippen LogP contribution in [-0.2, 0) is 0 Å². The summed E-state index contributed by atoms with van der Waals surface area (Å²) in [6, 6.07) is 0. The van der Waals surface area contributed by atoms with Gasteiger partial charge >= 0.3 is 0 Å². The first-order chi connectivity index (χ1) is 4.89. The maximum Gasteiger partial charge on any atom is 0.107 e. The highest BCUT2D eigenvalue weighted by molar-refractivity contribution is 5.72. The highest BCUT2D eigenvalue weighted by Gasteiger charge is 1.80. The van der Waals surface area contributed by atoms with Gasteiger partial charge in [0.1, 0.15) is 6.67 Å². The van der Waals surface area contributed by atoms with Crippen molar-refractivity contribution in [3.63, 3.8) is 0 Å². The van der Waals surface area contributed by atoms with Crippen LogP contribution in [0.25, 0.3) is 0 Å². The second-order valence-corrected chi connectivity index (χ2v) is 1.96. The molecule has 0 unspecified atom stereocenters. The molecule has 10 heavy (non-hydrogen) atoms. The van der Waals surface area contributed by atoms with Gasteiger partial charge in [-0.15, -0.1) is 0 Å². The van der Waals surface area contributed by atoms with Crippen LogP contribution < -0.4 is 5.32 Å². The zero-order valence-electron chi connectivity index (χ0n) is 5.75. The molecule has 0 fully saturated rings. The quantitative estimate of drug-likeness (QED) is 0.529. The lowest BCUT2D eigenvalue weighted by molar-refractivity contribution is 0.889. The molecule has 0 radical (unpaired) electrons. The molecule has 2 nitrogen and oxygen atoms in total. The normalized spacial score (nSPS) is 27.0. The predicted molar refractivity (Wildman–Crippen MR) is 43.9 cm³/mol. The first-order valence-corrected chi connectivity index (χ1v) is 3.15. The summed E-state index contributed by atoms with van der Waals surface area (Å²) < 4.78 is 0. The number of hydrogen-bond donors (Lipinski definition) is 1. The van der Waals surface area contributed by atoms with E-state index in [-0.39, 0.29) is 0 Å². The molecule has 0 atom stereocenters. The average molecular weight is 134 g/mol. The molecule has 0 bridgehead atoms. The van der Waals surface area contributed by atoms with Crippen LogP contribution in [0.3, 0.4) is 0 Å². The number of nitrogens with zero attached hydrogens (tertiary/aromatic N) is 1. The molecule has 0 aromatic rings. The summed E-state index contributed by atoms with van der Waals surface area (Å²) in [7, 11) is 0. The lowest BCUT2D eigenvalue weighted by atomic mass is 10.3. The van der Waals surface area contributed by atoms with Crippen molar-refractivity contribution >= 4 is 6.21 Å². The van der Waals surface area contributed by atoms with E-state index in [2.05, 4.69) is 16.9 Å². The van der Waals surface area contributed by atoms with E-state index in [1.807, 2.05) is 24.4 Å². The van der Waals surface area contributed by atoms with Gasteiger partial charge in [-0.25, -0.2) is 0 Å². The fourth-order valence-corrected chi connectivity index (χ4v) is 0.607. The van der Waals surface area contributed by atoms with Gasteiger partial charge in [-0.2, -0.15) is 0 Å². The minimum absolute atomic E-state index is 0.633. The molecular formula is C8H10N2. The number of hydrogen-bond acceptors (Lipinski definition) is 2. The van der Waals surface area contributed by atoms with E-state index in [9.17, 15) is 0 Å². The summed E-state index contributed by atoms with van der Waals surface area (Å²) in [5.41, 5.74) is 0.973. The topological polar surface area (TPSA) is 24.4 Å². The SMILES string of the molecule is C=C1/C=C\C=N/CN/C=C\1. The Morgan fingerprint density at radius 2 is 2.40 bits per heavy atom. The Morgan fingerprint density at radius 1 is 1.50 bits per heavy atom. The van der Waals surface area contributed by atoms with Gasteiger partial charge in [-0.3, -0.25) is 4.99 Å². The van der Waals surface area contributed by atoms with Crippen molar-refractivity contribution in [1.29, 1.82) is 0 Å². The molecule has 1 heterocycles. The van der Waals surface area contributed by atoms with Crippen LogP contribution in [0.4, 0.5) is 0 Å². The van der Waals surface area contributed by atoms with E-state index in [1.54, 1.807) is 6.21 Å². The van der Waals surface area contributed by atoms with E-state index in [4.69, 9.17) is 0 Å². The molecule has 0 aromatic carbocycles. The largest absolute Gasteiger partial charge is 0.372 e. The average Bonchev–Trinajstić information content (AvgIpc) is 2.02. The van der Waals surface area contributed by atoms with E-state index < -0.39 is 0 Å². The Kier molecular flexibility index (Phi) is 2.49. The van der Waals surface area contributed by atoms with Crippen LogP contribution in [0, 0.1) is 0 Å². The Labute approximate surface area is 60.7 Å². The Balaban J connectivity index is 2.64. The molecule has 0 aliphatic carbocycles. The minimum atomic E-state index is 0.633. The molecule has 1 aliphatic rings. The number of aliphatic imine (C=N–C) groups is 1. The summed E-state index contributed by atoms with van der Waals surface area (Å²) >= 11 is 0. The maximum absolute atomic E-state index is 4.01. The van der Waals surface area contributed by atoms with Crippen molar-refractivity contribution < 1.29 is 0 Å². The van der Waals surface area contributed by atoms with Crippen molar-refractivity contribution in [1.82, 2.24) is 5.32 Å². The zero-order chi connectivity index (χ0) is 7.23. The van der Waals surface area contributed by atoms with Crippen molar-refractivity contribution in [3.8, 4) is 0 Å². The first-order valence-electron chi connectivity index (χ1n) is 3.15. The smallest absolute Gasteiger partial charge is 0.107 e. The fraction of sp³-hybridized carbons (Fsp3) is 0.125. The van der Waals surface area contributed by atoms with Crippen molar-refractivity contribution in [3.05, 3.63) is 36.6 Å². The van der Waals surface area contributed by atoms with Gasteiger partial charge in [-0.05, 0) is 23.9 Å². The van der Waals surface area contributed by atoms with Crippen LogP contribution in [-0.4, -0.2) is 12.9 Å². The Morgan fingerprint density at radius 3 is 3.30 bits per heavy atom. The van der Waals surface area contributed by atoms with Gasteiger partial charge in [0.2, 0.25) is 0 Å². The fourth-order valence-electron chi connectivity index (χ4n) is 0.607. The third-order valence-corrected chi connectivity index (χ3v) is 1.10. The highest BCUT2D eigenvalue weighted by Crippen LogP contribution is 1.93. The maximum atomic E-state index is 4.01. The summed E-state index contributed by atoms with van der Waals surface area (Å²) in [5, 5.41) is 2.98. The molecule has 0 saturated heterocycles. The van der Waals surface area contributed by atoms with Crippen LogP contribution in [0.2, 0.25) is 0 Å². The van der Waals surface area contributed by atoms with Crippen molar-refractivity contribution in [2.45, 2.75) is 0 Å². The second-order valence-electron chi connectivity index (χ2n) is 1.96. The predicted octanol–water partition coefficient (Wildman–Crippen LogP) is 1.24. The summed E-state index contributed by atoms with van der Waals surface area (Å²) in [6.07, 6.45) is 9.29. The molecule has 52 valence electrons. The molecule has 1 N–H and O–H groups in total. The van der Waals surface area contributed by atoms with Crippen LogP contribution >= 0.6 is 0 Å². The first kappa shape index (κ1) is 6.81. The highest BCUT2D eigenvalue weighted by atomic mass is 15.0. The number of nitrogens with one attached hydrogen (secondary N) is 1. The molecule has 1 rings (SSSR count). The van der Waals surface area contributed by atoms with Gasteiger partial charge in [0.05, 0.1) is 0 Å². The van der Waals surface area contributed by atoms with E-state index in [1.165, 1.54) is 0 Å². The van der Waals surface area contributed by atoms with Gasteiger partial charge in [0, 0.05) is 6.21 Å². The van der Waals surface area contributed by atoms with Crippen LogP contribution in [0.1, 0.15) is 0 Å². The molecule has 2 heteroatoms. The van der Waals surface area contributed by atoms with Gasteiger partial charge in [0.25, 0.3) is 0 Å². The molecule has 0 aromatic heterocycles. The molecule has 0 saturated carbocycles. The van der Waals surface area contributed by atoms with E-state index in [0.29, 0.717) is 6.67 Å². The van der Waals surface area contributed by atoms with Crippen molar-refractivity contribution in [2.24, 2.45) is 4.99 Å². The lowest BCUT2D eigenvalue weighted by Crippen LogP contribution is -2.03. The number of rotatable bonds is 0. The second kappa shape index (κ2) is 3.67. The molecule has 1 aliphatic heterocycles. The van der Waals surface area contributed by atoms with Crippen LogP contribution in [0.5, 0.6) is 0 Å². The zero-order valence-corrected chi connectivity index (χ0v) is 5.75. The van der Waals surface area contributed by atoms with E-state index >= 15 is 0 Å². The van der Waals surface area contributed by atoms with Crippen molar-refractivity contribution in [2.75, 3.05) is 6.67 Å². The summed E-state index contributed by atoms with van der Waals surface area (Å²) in [4.78, 5) is 4.01. The standard InChI is InChI=1S/C8H10N2/c1-8-3-2-5-9-7-10-6-4-8/h2-6,10H,1,7H2/b3-2-,6-4-,9-5-. The minimum Gasteiger partial charge on any atom is -0.372 e. The number of allylic oxidation sites excluding steroid dienone is 4. The lowest BCUT2D eigenvalue weighted by Gasteiger charge is -1.90. The Hall–Kier alpha value is -1.31. The van der Waals surface area contributed by atoms with Gasteiger partial charge in [-0.1, -0.05) is 12.7 Å². The van der Waals surface area contributed by atoms with Gasteiger partial charge < -0.3 is 5.32 Å². The summed E-state index contributed by atoms with van der Waals surface area (Å²) in [5.74, 6) is 0. The molecule has 0 amide bonds. The van der Waals surface area contributed by atoms with Crippen LogP contribution in [0.15, 0.2) is 41.6 Å². The Bertz CT molecular complexity index is 199. The third kappa shape index (κ3) is 2.31. The monoisotopic (exact) mass is 134 g/mol. The summed E-state index contributed by atoms with van der Waals surface area (Å²) in [6.45, 7) is 4.42.